The van der Waals surface area contributed by atoms with Crippen LogP contribution in [0, 0.1) is 16.1 Å². The van der Waals surface area contributed by atoms with E-state index >= 15 is 0 Å². The lowest BCUT2D eigenvalue weighted by molar-refractivity contribution is -0.388. The Morgan fingerprint density at radius 1 is 1.21 bits per heavy atom. The Bertz CT molecular complexity index is 1060. The van der Waals surface area contributed by atoms with Crippen molar-refractivity contribution in [2.75, 3.05) is 5.32 Å². The van der Waals surface area contributed by atoms with Gasteiger partial charge < -0.3 is 5.32 Å². The summed E-state index contributed by atoms with van der Waals surface area (Å²) in [5.74, 6) is -1.20. The number of nitrogens with zero attached hydrogens (tertiary/aromatic N) is 4. The number of rotatable bonds is 5. The largest absolute Gasteiger partial charge is 0.423 e. The van der Waals surface area contributed by atoms with Gasteiger partial charge in [0.1, 0.15) is 5.56 Å². The molecule has 150 valence electrons. The van der Waals surface area contributed by atoms with E-state index in [0.717, 1.165) is 29.1 Å². The number of benzene rings is 1. The maximum Gasteiger partial charge on any atom is 0.423 e. The average molecular weight is 409 g/mol. The number of nitrogens with one attached hydrogen (secondary N) is 1. The minimum Gasteiger partial charge on any atom is -0.324 e. The molecule has 0 unspecified atom stereocenters. The van der Waals surface area contributed by atoms with Gasteiger partial charge in [0.05, 0.1) is 34.6 Å². The predicted molar refractivity (Wildman–Crippen MR) is 91.7 cm³/mol. The molecule has 0 atom stereocenters. The summed E-state index contributed by atoms with van der Waals surface area (Å²) < 4.78 is 53.1. The number of hydrogen-bond acceptors (Lipinski definition) is 5. The number of carbonyl (C=O) groups excluding carboxylic acids is 1. The highest BCUT2D eigenvalue weighted by Crippen LogP contribution is 2.37. The molecule has 3 aromatic rings. The zero-order valence-electron chi connectivity index (χ0n) is 14.4. The first kappa shape index (κ1) is 19.9. The number of anilines is 1. The summed E-state index contributed by atoms with van der Waals surface area (Å²) in [6.07, 6.45) is -2.67. The van der Waals surface area contributed by atoms with Gasteiger partial charge in [0, 0.05) is 12.3 Å². The maximum absolute atomic E-state index is 13.1. The van der Waals surface area contributed by atoms with Crippen molar-refractivity contribution in [3.05, 3.63) is 76.1 Å². The van der Waals surface area contributed by atoms with Crippen LogP contribution in [0.4, 0.5) is 28.9 Å². The summed E-state index contributed by atoms with van der Waals surface area (Å²) in [5, 5.41) is 17.3. The zero-order valence-corrected chi connectivity index (χ0v) is 14.4. The fraction of sp³-hybridized carbons (Fsp3) is 0.118. The first-order valence-electron chi connectivity index (χ1n) is 7.95. The van der Waals surface area contributed by atoms with Crippen LogP contribution in [0.5, 0.6) is 0 Å². The van der Waals surface area contributed by atoms with Crippen LogP contribution in [0.1, 0.15) is 11.3 Å². The monoisotopic (exact) mass is 409 g/mol. The summed E-state index contributed by atoms with van der Waals surface area (Å²) >= 11 is 0. The van der Waals surface area contributed by atoms with E-state index in [9.17, 15) is 32.5 Å². The lowest BCUT2D eigenvalue weighted by atomic mass is 10.1. The van der Waals surface area contributed by atoms with Crippen LogP contribution in [0.3, 0.4) is 0 Å². The highest BCUT2D eigenvalue weighted by atomic mass is 19.4. The molecule has 8 nitrogen and oxygen atoms in total. The summed E-state index contributed by atoms with van der Waals surface area (Å²) in [6.45, 7) is 0. The first-order valence-corrected chi connectivity index (χ1v) is 7.95. The van der Waals surface area contributed by atoms with Crippen molar-refractivity contribution in [1.82, 2.24) is 14.8 Å². The number of hydrogen-bond donors (Lipinski definition) is 1. The molecule has 2 aromatic heterocycles. The molecule has 1 aromatic carbocycles. The predicted octanol–water partition coefficient (Wildman–Crippen LogP) is 3.51. The van der Waals surface area contributed by atoms with Crippen LogP contribution in [0.2, 0.25) is 0 Å². The molecule has 0 saturated carbocycles. The van der Waals surface area contributed by atoms with Gasteiger partial charge in [-0.25, -0.2) is 9.67 Å². The Morgan fingerprint density at radius 2 is 1.97 bits per heavy atom. The molecule has 0 saturated heterocycles. The third-order valence-electron chi connectivity index (χ3n) is 3.74. The Hall–Kier alpha value is -3.83. The Morgan fingerprint density at radius 3 is 2.59 bits per heavy atom. The molecule has 29 heavy (non-hydrogen) atoms. The van der Waals surface area contributed by atoms with Gasteiger partial charge in [0.25, 0.3) is 5.69 Å². The topological polar surface area (TPSA) is 103 Å². The number of nitro benzene ring substituents is 1. The molecule has 0 aliphatic rings. The number of amides is 1. The third kappa shape index (κ3) is 4.72. The van der Waals surface area contributed by atoms with E-state index in [1.807, 2.05) is 0 Å². The van der Waals surface area contributed by atoms with Gasteiger partial charge in [0.15, 0.2) is 0 Å². The number of halogens is 4. The highest BCUT2D eigenvalue weighted by molar-refractivity contribution is 5.91. The standard InChI is InChI=1S/C17H11F4N5O3/c18-15-4-1-11(9-22-15)23-16(27)7-10-5-6-25(24-10)12-2-3-14(26(28)29)13(8-12)17(19,20)21/h1-6,8-9H,7H2,(H,23,27). The van der Waals surface area contributed by atoms with E-state index < -0.39 is 34.2 Å². The van der Waals surface area contributed by atoms with Crippen molar-refractivity contribution >= 4 is 17.3 Å². The summed E-state index contributed by atoms with van der Waals surface area (Å²) in [5.41, 5.74) is -2.03. The van der Waals surface area contributed by atoms with Crippen LogP contribution in [-0.2, 0) is 17.4 Å². The van der Waals surface area contributed by atoms with Gasteiger partial charge in [-0.05, 0) is 30.3 Å². The Balaban J connectivity index is 1.78. The molecule has 0 spiro atoms. The minimum absolute atomic E-state index is 0.0580. The smallest absolute Gasteiger partial charge is 0.324 e. The van der Waals surface area contributed by atoms with Crippen LogP contribution in [-0.4, -0.2) is 25.6 Å². The molecule has 0 bridgehead atoms. The number of carbonyl (C=O) groups is 1. The number of aromatic nitrogens is 3. The van der Waals surface area contributed by atoms with E-state index in [1.165, 1.54) is 18.3 Å². The minimum atomic E-state index is -4.92. The Kier molecular flexibility index (Phi) is 5.26. The van der Waals surface area contributed by atoms with Crippen LogP contribution >= 0.6 is 0 Å². The quantitative estimate of drug-likeness (QED) is 0.301. The van der Waals surface area contributed by atoms with E-state index in [2.05, 4.69) is 15.4 Å². The second kappa shape index (κ2) is 7.66. The summed E-state index contributed by atoms with van der Waals surface area (Å²) in [4.78, 5) is 25.1. The number of alkyl halides is 3. The third-order valence-corrected chi connectivity index (χ3v) is 3.74. The molecular formula is C17H11F4N5O3. The zero-order chi connectivity index (χ0) is 21.2. The lowest BCUT2D eigenvalue weighted by Crippen LogP contribution is -2.15. The highest BCUT2D eigenvalue weighted by Gasteiger charge is 2.38. The fourth-order valence-electron chi connectivity index (χ4n) is 2.47. The first-order chi connectivity index (χ1) is 13.6. The van der Waals surface area contributed by atoms with Crippen molar-refractivity contribution < 1.29 is 27.3 Å². The second-order valence-corrected chi connectivity index (χ2v) is 5.80. The van der Waals surface area contributed by atoms with Gasteiger partial charge in [-0.1, -0.05) is 0 Å². The molecule has 0 radical (unpaired) electrons. The van der Waals surface area contributed by atoms with Crippen molar-refractivity contribution in [2.45, 2.75) is 12.6 Å². The summed E-state index contributed by atoms with van der Waals surface area (Å²) in [7, 11) is 0. The van der Waals surface area contributed by atoms with Crippen LogP contribution < -0.4 is 5.32 Å². The Labute approximate surface area is 159 Å². The molecule has 12 heteroatoms. The molecular weight excluding hydrogens is 398 g/mol. The SMILES string of the molecule is O=C(Cc1ccn(-c2ccc([N+](=O)[O-])c(C(F)(F)F)c2)n1)Nc1ccc(F)nc1. The van der Waals surface area contributed by atoms with E-state index in [1.54, 1.807) is 0 Å². The maximum atomic E-state index is 13.1. The second-order valence-electron chi connectivity index (χ2n) is 5.80. The average Bonchev–Trinajstić information content (AvgIpc) is 3.10. The van der Waals surface area contributed by atoms with Crippen molar-refractivity contribution in [3.8, 4) is 5.69 Å². The molecule has 2 heterocycles. The van der Waals surface area contributed by atoms with E-state index in [0.29, 0.717) is 6.07 Å². The lowest BCUT2D eigenvalue weighted by Gasteiger charge is -2.09. The number of pyridine rings is 1. The van der Waals surface area contributed by atoms with Crippen molar-refractivity contribution in [3.63, 3.8) is 0 Å². The van der Waals surface area contributed by atoms with Crippen molar-refractivity contribution in [2.24, 2.45) is 0 Å². The van der Waals surface area contributed by atoms with Gasteiger partial charge in [0.2, 0.25) is 11.9 Å². The van der Waals surface area contributed by atoms with Gasteiger partial charge in [-0.2, -0.15) is 22.7 Å². The van der Waals surface area contributed by atoms with Gasteiger partial charge >= 0.3 is 6.18 Å². The number of nitro groups is 1. The van der Waals surface area contributed by atoms with E-state index in [4.69, 9.17) is 0 Å². The molecule has 3 rings (SSSR count). The van der Waals surface area contributed by atoms with Gasteiger partial charge in [-0.3, -0.25) is 14.9 Å². The fourth-order valence-corrected chi connectivity index (χ4v) is 2.47. The van der Waals surface area contributed by atoms with Crippen LogP contribution in [0.15, 0.2) is 48.8 Å². The molecule has 1 amide bonds. The van der Waals surface area contributed by atoms with Gasteiger partial charge in [-0.15, -0.1) is 0 Å². The molecule has 1 N–H and O–H groups in total. The van der Waals surface area contributed by atoms with Crippen LogP contribution in [0.25, 0.3) is 5.69 Å². The summed E-state index contributed by atoms with van der Waals surface area (Å²) in [6, 6.07) is 6.27. The molecule has 0 aliphatic heterocycles. The molecule has 0 fully saturated rings. The van der Waals surface area contributed by atoms with Crippen molar-refractivity contribution in [1.29, 1.82) is 0 Å². The normalized spacial score (nSPS) is 11.3. The molecule has 0 aliphatic carbocycles. The van der Waals surface area contributed by atoms with E-state index in [-0.39, 0.29) is 23.5 Å².